The van der Waals surface area contributed by atoms with Crippen molar-refractivity contribution >= 4 is 17.3 Å². The fourth-order valence-corrected chi connectivity index (χ4v) is 2.80. The molecule has 1 aromatic carbocycles. The maximum Gasteiger partial charge on any atom is 0.254 e. The summed E-state index contributed by atoms with van der Waals surface area (Å²) in [5.74, 6) is 1.64. The van der Waals surface area contributed by atoms with Crippen molar-refractivity contribution in [2.24, 2.45) is 0 Å². The highest BCUT2D eigenvalue weighted by atomic mass is 15.4. The summed E-state index contributed by atoms with van der Waals surface area (Å²) in [5.41, 5.74) is 3.45. The molecule has 0 saturated heterocycles. The zero-order chi connectivity index (χ0) is 14.2. The zero-order valence-electron chi connectivity index (χ0n) is 11.8. The number of aromatic nitrogens is 4. The van der Waals surface area contributed by atoms with E-state index in [4.69, 9.17) is 0 Å². The average molecular weight is 280 g/mol. The van der Waals surface area contributed by atoms with Gasteiger partial charge in [-0.05, 0) is 18.6 Å². The van der Waals surface area contributed by atoms with Gasteiger partial charge in [-0.2, -0.15) is 14.6 Å². The Labute approximate surface area is 122 Å². The number of benzene rings is 1. The fraction of sp³-hybridized carbons (Fsp3) is 0.267. The molecule has 0 atom stereocenters. The van der Waals surface area contributed by atoms with E-state index >= 15 is 0 Å². The number of hydrogen-bond acceptors (Lipinski definition) is 5. The van der Waals surface area contributed by atoms with Crippen LogP contribution in [0.4, 0.5) is 11.5 Å². The Morgan fingerprint density at radius 3 is 3.10 bits per heavy atom. The van der Waals surface area contributed by atoms with Crippen molar-refractivity contribution in [3.05, 3.63) is 47.9 Å². The smallest absolute Gasteiger partial charge is 0.254 e. The van der Waals surface area contributed by atoms with E-state index in [0.717, 1.165) is 31.1 Å². The Morgan fingerprint density at radius 2 is 2.14 bits per heavy atom. The van der Waals surface area contributed by atoms with Crippen molar-refractivity contribution in [2.75, 3.05) is 18.0 Å². The van der Waals surface area contributed by atoms with E-state index in [-0.39, 0.29) is 0 Å². The first kappa shape index (κ1) is 12.3. The number of para-hydroxylation sites is 1. The third-order valence-corrected chi connectivity index (χ3v) is 3.75. The molecule has 0 aliphatic carbocycles. The number of fused-ring (bicyclic) bond motifs is 2. The van der Waals surface area contributed by atoms with Gasteiger partial charge in [0, 0.05) is 37.1 Å². The second kappa shape index (κ2) is 4.82. The highest BCUT2D eigenvalue weighted by Crippen LogP contribution is 2.29. The second-order valence-electron chi connectivity index (χ2n) is 5.18. The lowest BCUT2D eigenvalue weighted by Gasteiger charge is -2.24. The SMILES string of the molecule is Cc1cc(N2CCNCc3ccccc32)n2ncnc2n1. The van der Waals surface area contributed by atoms with Crippen LogP contribution in [0.15, 0.2) is 36.7 Å². The standard InChI is InChI=1S/C15H16N6/c1-11-8-14(21-15(19-11)17-10-18-21)20-7-6-16-9-12-4-2-3-5-13(12)20/h2-5,8,10,16H,6-7,9H2,1H3. The minimum Gasteiger partial charge on any atom is -0.325 e. The molecule has 3 aromatic rings. The first-order valence-electron chi connectivity index (χ1n) is 7.06. The van der Waals surface area contributed by atoms with Crippen LogP contribution in [0.1, 0.15) is 11.3 Å². The van der Waals surface area contributed by atoms with Gasteiger partial charge in [0.15, 0.2) is 0 Å². The van der Waals surface area contributed by atoms with Gasteiger partial charge in [0.25, 0.3) is 5.78 Å². The lowest BCUT2D eigenvalue weighted by molar-refractivity contribution is 0.707. The molecule has 6 heteroatoms. The normalized spacial score (nSPS) is 15.0. The highest BCUT2D eigenvalue weighted by molar-refractivity contribution is 5.66. The molecule has 0 saturated carbocycles. The second-order valence-corrected chi connectivity index (χ2v) is 5.18. The lowest BCUT2D eigenvalue weighted by Crippen LogP contribution is -2.26. The van der Waals surface area contributed by atoms with Crippen molar-refractivity contribution in [1.82, 2.24) is 24.9 Å². The zero-order valence-corrected chi connectivity index (χ0v) is 11.8. The van der Waals surface area contributed by atoms with Gasteiger partial charge in [-0.15, -0.1) is 0 Å². The number of aryl methyl sites for hydroxylation is 1. The van der Waals surface area contributed by atoms with Crippen LogP contribution in [0.3, 0.4) is 0 Å². The molecule has 0 bridgehead atoms. The monoisotopic (exact) mass is 280 g/mol. The summed E-state index contributed by atoms with van der Waals surface area (Å²) in [5, 5.41) is 7.78. The van der Waals surface area contributed by atoms with Crippen LogP contribution in [-0.2, 0) is 6.54 Å². The van der Waals surface area contributed by atoms with Crippen molar-refractivity contribution in [1.29, 1.82) is 0 Å². The number of hydrogen-bond donors (Lipinski definition) is 1. The van der Waals surface area contributed by atoms with Crippen LogP contribution < -0.4 is 10.2 Å². The topological polar surface area (TPSA) is 58.4 Å². The molecule has 2 aromatic heterocycles. The van der Waals surface area contributed by atoms with Gasteiger partial charge in [0.1, 0.15) is 12.1 Å². The molecule has 3 heterocycles. The molecule has 0 radical (unpaired) electrons. The summed E-state index contributed by atoms with van der Waals surface area (Å²) >= 11 is 0. The van der Waals surface area contributed by atoms with Crippen LogP contribution in [-0.4, -0.2) is 32.7 Å². The van der Waals surface area contributed by atoms with Crippen LogP contribution in [0.25, 0.3) is 5.78 Å². The van der Waals surface area contributed by atoms with E-state index in [1.165, 1.54) is 11.3 Å². The summed E-state index contributed by atoms with van der Waals surface area (Å²) in [6.07, 6.45) is 1.55. The van der Waals surface area contributed by atoms with Crippen LogP contribution in [0, 0.1) is 6.92 Å². The van der Waals surface area contributed by atoms with Gasteiger partial charge >= 0.3 is 0 Å². The van der Waals surface area contributed by atoms with Crippen molar-refractivity contribution in [2.45, 2.75) is 13.5 Å². The molecule has 1 aliphatic rings. The Balaban J connectivity index is 1.94. The molecule has 21 heavy (non-hydrogen) atoms. The molecule has 106 valence electrons. The first-order chi connectivity index (χ1) is 10.3. The summed E-state index contributed by atoms with van der Waals surface area (Å²) in [6, 6.07) is 10.5. The first-order valence-corrected chi connectivity index (χ1v) is 7.06. The van der Waals surface area contributed by atoms with Crippen LogP contribution >= 0.6 is 0 Å². The Morgan fingerprint density at radius 1 is 1.24 bits per heavy atom. The molecule has 6 nitrogen and oxygen atoms in total. The molecule has 0 spiro atoms. The minimum absolute atomic E-state index is 0.639. The third-order valence-electron chi connectivity index (χ3n) is 3.75. The van der Waals surface area contributed by atoms with E-state index < -0.39 is 0 Å². The molecular formula is C15H16N6. The van der Waals surface area contributed by atoms with E-state index in [9.17, 15) is 0 Å². The van der Waals surface area contributed by atoms with Gasteiger partial charge in [0.2, 0.25) is 0 Å². The molecule has 0 fully saturated rings. The van der Waals surface area contributed by atoms with Gasteiger partial charge in [-0.3, -0.25) is 0 Å². The summed E-state index contributed by atoms with van der Waals surface area (Å²) in [6.45, 7) is 4.68. The predicted octanol–water partition coefficient (Wildman–Crippen LogP) is 1.67. The van der Waals surface area contributed by atoms with Crippen molar-refractivity contribution < 1.29 is 0 Å². The van der Waals surface area contributed by atoms with E-state index in [1.54, 1.807) is 10.8 Å². The maximum absolute atomic E-state index is 4.42. The van der Waals surface area contributed by atoms with Gasteiger partial charge in [0.05, 0.1) is 0 Å². The number of rotatable bonds is 1. The maximum atomic E-state index is 4.42. The van der Waals surface area contributed by atoms with Crippen LogP contribution in [0.2, 0.25) is 0 Å². The van der Waals surface area contributed by atoms with Gasteiger partial charge in [-0.25, -0.2) is 4.98 Å². The Kier molecular flexibility index (Phi) is 2.82. The molecule has 0 amide bonds. The summed E-state index contributed by atoms with van der Waals surface area (Å²) in [7, 11) is 0. The molecule has 0 unspecified atom stereocenters. The number of nitrogens with zero attached hydrogens (tertiary/aromatic N) is 5. The third kappa shape index (κ3) is 2.04. The van der Waals surface area contributed by atoms with Gasteiger partial charge < -0.3 is 10.2 Å². The van der Waals surface area contributed by atoms with Gasteiger partial charge in [-0.1, -0.05) is 18.2 Å². The van der Waals surface area contributed by atoms with E-state index in [2.05, 4.69) is 55.6 Å². The lowest BCUT2D eigenvalue weighted by atomic mass is 10.1. The molecule has 4 rings (SSSR count). The Bertz CT molecular complexity index is 794. The average Bonchev–Trinajstić information content (AvgIpc) is 2.85. The molecule has 1 aliphatic heterocycles. The largest absolute Gasteiger partial charge is 0.325 e. The van der Waals surface area contributed by atoms with E-state index in [0.29, 0.717) is 5.78 Å². The predicted molar refractivity (Wildman–Crippen MR) is 80.7 cm³/mol. The number of nitrogens with one attached hydrogen (secondary N) is 1. The summed E-state index contributed by atoms with van der Waals surface area (Å²) < 4.78 is 1.80. The summed E-state index contributed by atoms with van der Waals surface area (Å²) in [4.78, 5) is 10.9. The quantitative estimate of drug-likeness (QED) is 0.735. The Hall–Kier alpha value is -2.47. The van der Waals surface area contributed by atoms with Crippen molar-refractivity contribution in [3.63, 3.8) is 0 Å². The van der Waals surface area contributed by atoms with E-state index in [1.807, 2.05) is 6.92 Å². The molecule has 1 N–H and O–H groups in total. The molecular weight excluding hydrogens is 264 g/mol. The highest BCUT2D eigenvalue weighted by Gasteiger charge is 2.19. The minimum atomic E-state index is 0.639. The van der Waals surface area contributed by atoms with Crippen molar-refractivity contribution in [3.8, 4) is 0 Å². The number of anilines is 2. The fourth-order valence-electron chi connectivity index (χ4n) is 2.80. The van der Waals surface area contributed by atoms with Crippen LogP contribution in [0.5, 0.6) is 0 Å².